The molecule has 1 amide bonds. The summed E-state index contributed by atoms with van der Waals surface area (Å²) >= 11 is 0. The summed E-state index contributed by atoms with van der Waals surface area (Å²) in [5.74, 6) is 2.89. The van der Waals surface area contributed by atoms with E-state index in [1.807, 2.05) is 44.2 Å². The molecule has 1 saturated heterocycles. The standard InChI is InChI=1S/C50H71N3O6/c1-44(2,29-38(54)55)30-39(56)58-37-20-21-47(6)35(45(37,3)4)19-22-49(8)36(47)17-16-33-40-32(46(5)24-25-46)18-23-50(40,27-26-48(33,49)7)43(57)53-28-12-15-34(53)42-51-41(52-59-42)31-13-10-9-11-14-31/h9-11,13-14,32-37,40H,12,15-30H2,1-8H3,(H,54,55). The molecule has 6 saturated carbocycles. The van der Waals surface area contributed by atoms with Gasteiger partial charge in [-0.15, -0.1) is 0 Å². The lowest BCUT2D eigenvalue weighted by Crippen LogP contribution is -2.67. The molecule has 1 aromatic heterocycles. The molecule has 1 aliphatic heterocycles. The Labute approximate surface area is 352 Å². The zero-order valence-electron chi connectivity index (χ0n) is 37.3. The van der Waals surface area contributed by atoms with E-state index in [9.17, 15) is 14.7 Å². The summed E-state index contributed by atoms with van der Waals surface area (Å²) in [6.45, 7) is 19.6. The van der Waals surface area contributed by atoms with Crippen LogP contribution < -0.4 is 0 Å². The Morgan fingerprint density at radius 2 is 1.56 bits per heavy atom. The van der Waals surface area contributed by atoms with Crippen LogP contribution in [0.4, 0.5) is 0 Å². The number of carbonyl (C=O) groups excluding carboxylic acids is 2. The molecule has 1 aromatic carbocycles. The van der Waals surface area contributed by atoms with Gasteiger partial charge < -0.3 is 19.3 Å². The van der Waals surface area contributed by atoms with Crippen LogP contribution in [0.25, 0.3) is 11.4 Å². The smallest absolute Gasteiger partial charge is 0.306 e. The van der Waals surface area contributed by atoms with E-state index in [1.54, 1.807) is 0 Å². The fourth-order valence-electron chi connectivity index (χ4n) is 16.2. The van der Waals surface area contributed by atoms with E-state index in [0.717, 1.165) is 63.5 Å². The van der Waals surface area contributed by atoms with Crippen LogP contribution in [-0.4, -0.2) is 50.6 Å². The van der Waals surface area contributed by atoms with Crippen LogP contribution in [0.1, 0.15) is 170 Å². The minimum Gasteiger partial charge on any atom is -0.481 e. The first-order valence-corrected chi connectivity index (χ1v) is 23.4. The SMILES string of the molecule is CC(C)(CC(=O)O)CC(=O)OC1CCC2(C)C(CCC3(C)C2CCC2C4C(C5(C)CC5)CCC4(C(=O)N4CCCC4c4nc(-c5ccccc5)no4)CCC23C)C1(C)C. The Morgan fingerprint density at radius 1 is 0.814 bits per heavy atom. The van der Waals surface area contributed by atoms with Gasteiger partial charge in [0.15, 0.2) is 0 Å². The molecule has 0 spiro atoms. The van der Waals surface area contributed by atoms with Crippen molar-refractivity contribution in [2.75, 3.05) is 6.54 Å². The van der Waals surface area contributed by atoms with Crippen molar-refractivity contribution in [1.29, 1.82) is 0 Å². The highest BCUT2D eigenvalue weighted by atomic mass is 16.5. The first-order chi connectivity index (χ1) is 27.8. The van der Waals surface area contributed by atoms with Crippen LogP contribution in [0.15, 0.2) is 34.9 Å². The van der Waals surface area contributed by atoms with E-state index < -0.39 is 11.4 Å². The number of carboxylic acids is 1. The maximum absolute atomic E-state index is 15.6. The summed E-state index contributed by atoms with van der Waals surface area (Å²) in [6.07, 6.45) is 15.1. The number of likely N-dealkylation sites (tertiary alicyclic amines) is 1. The third-order valence-electron chi connectivity index (χ3n) is 19.5. The van der Waals surface area contributed by atoms with Gasteiger partial charge in [0.2, 0.25) is 17.6 Å². The predicted molar refractivity (Wildman–Crippen MR) is 225 cm³/mol. The van der Waals surface area contributed by atoms with Crippen LogP contribution in [0, 0.1) is 67.5 Å². The molecule has 2 aromatic rings. The van der Waals surface area contributed by atoms with Crippen molar-refractivity contribution in [2.24, 2.45) is 67.5 Å². The van der Waals surface area contributed by atoms with E-state index in [4.69, 9.17) is 14.2 Å². The lowest BCUT2D eigenvalue weighted by molar-refractivity contribution is -0.251. The summed E-state index contributed by atoms with van der Waals surface area (Å²) in [5.41, 5.74) is 0.528. The molecule has 7 aliphatic rings. The van der Waals surface area contributed by atoms with Crippen LogP contribution in [0.3, 0.4) is 0 Å². The van der Waals surface area contributed by atoms with Crippen LogP contribution in [0.5, 0.6) is 0 Å². The second-order valence-corrected chi connectivity index (χ2v) is 23.4. The number of benzene rings is 1. The van der Waals surface area contributed by atoms with E-state index in [0.29, 0.717) is 52.6 Å². The van der Waals surface area contributed by atoms with Gasteiger partial charge in [0.05, 0.1) is 18.3 Å². The molecule has 1 N–H and O–H groups in total. The molecule has 9 heteroatoms. The van der Waals surface area contributed by atoms with Gasteiger partial charge in [-0.2, -0.15) is 4.98 Å². The quantitative estimate of drug-likeness (QED) is 0.248. The van der Waals surface area contributed by atoms with Crippen molar-refractivity contribution in [3.63, 3.8) is 0 Å². The second-order valence-electron chi connectivity index (χ2n) is 23.4. The molecule has 0 bridgehead atoms. The van der Waals surface area contributed by atoms with E-state index in [1.165, 1.54) is 38.5 Å². The lowest BCUT2D eigenvalue weighted by atomic mass is 9.32. The first-order valence-electron chi connectivity index (χ1n) is 23.4. The average Bonchev–Trinajstić information content (AvgIpc) is 3.56. The lowest BCUT2D eigenvalue weighted by Gasteiger charge is -2.73. The number of hydrogen-bond acceptors (Lipinski definition) is 7. The fraction of sp³-hybridized carbons (Fsp3) is 0.780. The van der Waals surface area contributed by atoms with Crippen LogP contribution >= 0.6 is 0 Å². The molecular weight excluding hydrogens is 739 g/mol. The summed E-state index contributed by atoms with van der Waals surface area (Å²) in [6, 6.07) is 9.82. The van der Waals surface area contributed by atoms with Crippen molar-refractivity contribution in [1.82, 2.24) is 15.0 Å². The maximum Gasteiger partial charge on any atom is 0.306 e. The highest BCUT2D eigenvalue weighted by molar-refractivity contribution is 5.84. The molecule has 322 valence electrons. The Kier molecular flexibility index (Phi) is 9.69. The Balaban J connectivity index is 0.980. The Hall–Kier alpha value is -3.23. The zero-order valence-corrected chi connectivity index (χ0v) is 37.3. The highest BCUT2D eigenvalue weighted by Gasteiger charge is 2.74. The monoisotopic (exact) mass is 810 g/mol. The molecule has 9 rings (SSSR count). The normalized spacial score (nSPS) is 40.6. The number of fused-ring (bicyclic) bond motifs is 7. The number of aromatic nitrogens is 2. The number of aliphatic carboxylic acids is 1. The number of carbonyl (C=O) groups is 3. The van der Waals surface area contributed by atoms with E-state index >= 15 is 4.79 Å². The zero-order chi connectivity index (χ0) is 42.0. The van der Waals surface area contributed by atoms with Gasteiger partial charge in [-0.3, -0.25) is 14.4 Å². The number of hydrogen-bond donors (Lipinski definition) is 1. The molecule has 11 unspecified atom stereocenters. The van der Waals surface area contributed by atoms with Gasteiger partial charge in [-0.25, -0.2) is 0 Å². The Bertz CT molecular complexity index is 1970. The van der Waals surface area contributed by atoms with Gasteiger partial charge in [-0.1, -0.05) is 90.9 Å². The van der Waals surface area contributed by atoms with Crippen molar-refractivity contribution in [2.45, 2.75) is 170 Å². The maximum atomic E-state index is 15.6. The van der Waals surface area contributed by atoms with E-state index in [2.05, 4.69) is 51.6 Å². The van der Waals surface area contributed by atoms with Gasteiger partial charge in [-0.05, 0) is 147 Å². The van der Waals surface area contributed by atoms with Crippen molar-refractivity contribution in [3.05, 3.63) is 36.2 Å². The number of rotatable bonds is 9. The molecule has 59 heavy (non-hydrogen) atoms. The predicted octanol–water partition coefficient (Wildman–Crippen LogP) is 11.1. The van der Waals surface area contributed by atoms with Crippen molar-refractivity contribution < 1.29 is 28.8 Å². The Morgan fingerprint density at radius 3 is 2.27 bits per heavy atom. The topological polar surface area (TPSA) is 123 Å². The van der Waals surface area contributed by atoms with Gasteiger partial charge in [0.25, 0.3) is 0 Å². The van der Waals surface area contributed by atoms with Gasteiger partial charge in [0.1, 0.15) is 12.1 Å². The van der Waals surface area contributed by atoms with Crippen LogP contribution in [0.2, 0.25) is 0 Å². The van der Waals surface area contributed by atoms with Crippen molar-refractivity contribution >= 4 is 17.8 Å². The molecule has 11 atom stereocenters. The summed E-state index contributed by atoms with van der Waals surface area (Å²) < 4.78 is 12.3. The molecule has 9 nitrogen and oxygen atoms in total. The highest BCUT2D eigenvalue weighted by Crippen LogP contribution is 2.79. The largest absolute Gasteiger partial charge is 0.481 e. The number of carboxylic acid groups (broad SMARTS) is 1. The van der Waals surface area contributed by atoms with Crippen molar-refractivity contribution in [3.8, 4) is 11.4 Å². The molecular formula is C50H71N3O6. The third-order valence-corrected chi connectivity index (χ3v) is 19.5. The molecule has 0 radical (unpaired) electrons. The fourth-order valence-corrected chi connectivity index (χ4v) is 16.2. The summed E-state index contributed by atoms with van der Waals surface area (Å²) in [5, 5.41) is 13.8. The van der Waals surface area contributed by atoms with Gasteiger partial charge in [0, 0.05) is 17.5 Å². The summed E-state index contributed by atoms with van der Waals surface area (Å²) in [7, 11) is 0. The minimum absolute atomic E-state index is 0.0537. The molecule has 7 fully saturated rings. The summed E-state index contributed by atoms with van der Waals surface area (Å²) in [4.78, 5) is 47.5. The number of ether oxygens (including phenoxy) is 1. The third kappa shape index (κ3) is 6.29. The first kappa shape index (κ1) is 41.1. The number of amides is 1. The average molecular weight is 810 g/mol. The molecule has 2 heterocycles. The van der Waals surface area contributed by atoms with Crippen LogP contribution in [-0.2, 0) is 19.1 Å². The second kappa shape index (κ2) is 13.9. The number of esters is 1. The van der Waals surface area contributed by atoms with E-state index in [-0.39, 0.29) is 58.0 Å². The van der Waals surface area contributed by atoms with Gasteiger partial charge >= 0.3 is 11.9 Å². The number of nitrogens with zero attached hydrogens (tertiary/aromatic N) is 3. The minimum atomic E-state index is -0.885. The molecule has 6 aliphatic carbocycles.